The van der Waals surface area contributed by atoms with E-state index in [9.17, 15) is 0 Å². The van der Waals surface area contributed by atoms with Crippen LogP contribution in [0.1, 0.15) is 18.5 Å². The van der Waals surface area contributed by atoms with Crippen LogP contribution in [0.4, 0.5) is 5.82 Å². The van der Waals surface area contributed by atoms with Crippen molar-refractivity contribution in [2.24, 2.45) is 0 Å². The van der Waals surface area contributed by atoms with Crippen LogP contribution in [0.2, 0.25) is 10.3 Å². The summed E-state index contributed by atoms with van der Waals surface area (Å²) < 4.78 is 0.755. The molecule has 1 heterocycles. The summed E-state index contributed by atoms with van der Waals surface area (Å²) in [6, 6.07) is 7.69. The molecule has 1 aromatic carbocycles. The molecule has 94 valence electrons. The Hall–Kier alpha value is -0.840. The zero-order chi connectivity index (χ0) is 13.1. The van der Waals surface area contributed by atoms with Gasteiger partial charge in [0.05, 0.1) is 10.5 Å². The van der Waals surface area contributed by atoms with Gasteiger partial charge in [0, 0.05) is 11.2 Å². The number of halogens is 3. The van der Waals surface area contributed by atoms with Gasteiger partial charge in [0.25, 0.3) is 0 Å². The summed E-state index contributed by atoms with van der Waals surface area (Å²) in [5, 5.41) is 4.16. The third-order valence-corrected chi connectivity index (χ3v) is 3.55. The van der Waals surface area contributed by atoms with E-state index in [-0.39, 0.29) is 11.3 Å². The highest BCUT2D eigenvalue weighted by Crippen LogP contribution is 2.28. The van der Waals surface area contributed by atoms with Crippen molar-refractivity contribution < 1.29 is 0 Å². The molecule has 0 aliphatic rings. The minimum Gasteiger partial charge on any atom is -0.362 e. The van der Waals surface area contributed by atoms with E-state index in [0.29, 0.717) is 10.8 Å². The molecule has 1 atom stereocenters. The van der Waals surface area contributed by atoms with Crippen molar-refractivity contribution in [3.63, 3.8) is 0 Å². The fourth-order valence-electron chi connectivity index (χ4n) is 1.56. The van der Waals surface area contributed by atoms with Crippen molar-refractivity contribution in [3.8, 4) is 0 Å². The molecule has 0 aliphatic heterocycles. The highest BCUT2D eigenvalue weighted by molar-refractivity contribution is 9.10. The molecule has 0 saturated heterocycles. The second-order valence-electron chi connectivity index (χ2n) is 3.72. The molecule has 18 heavy (non-hydrogen) atoms. The summed E-state index contributed by atoms with van der Waals surface area (Å²) in [4.78, 5) is 8.00. The maximum atomic E-state index is 6.15. The van der Waals surface area contributed by atoms with Crippen LogP contribution in [0.15, 0.2) is 34.9 Å². The van der Waals surface area contributed by atoms with Crippen molar-refractivity contribution >= 4 is 44.9 Å². The van der Waals surface area contributed by atoms with Gasteiger partial charge in [-0.15, -0.1) is 0 Å². The lowest BCUT2D eigenvalue weighted by Gasteiger charge is -2.17. The average Bonchev–Trinajstić information content (AvgIpc) is 2.34. The van der Waals surface area contributed by atoms with Crippen LogP contribution in [0.25, 0.3) is 0 Å². The van der Waals surface area contributed by atoms with Crippen LogP contribution >= 0.6 is 39.1 Å². The molecule has 0 bridgehead atoms. The van der Waals surface area contributed by atoms with E-state index >= 15 is 0 Å². The quantitative estimate of drug-likeness (QED) is 0.817. The topological polar surface area (TPSA) is 37.8 Å². The first-order valence-electron chi connectivity index (χ1n) is 5.27. The summed E-state index contributed by atoms with van der Waals surface area (Å²) in [5.74, 6) is 0.641. The summed E-state index contributed by atoms with van der Waals surface area (Å²) >= 11 is 15.3. The number of hydrogen-bond acceptors (Lipinski definition) is 3. The first-order chi connectivity index (χ1) is 8.58. The van der Waals surface area contributed by atoms with E-state index in [2.05, 4.69) is 31.2 Å². The third-order valence-electron chi connectivity index (χ3n) is 2.44. The van der Waals surface area contributed by atoms with Crippen molar-refractivity contribution in [1.29, 1.82) is 0 Å². The highest BCUT2D eigenvalue weighted by Gasteiger charge is 2.12. The molecule has 0 amide bonds. The molecule has 3 nitrogen and oxygen atoms in total. The summed E-state index contributed by atoms with van der Waals surface area (Å²) in [6.07, 6.45) is 1.61. The van der Waals surface area contributed by atoms with E-state index < -0.39 is 0 Å². The van der Waals surface area contributed by atoms with Crippen LogP contribution in [-0.2, 0) is 0 Å². The van der Waals surface area contributed by atoms with Crippen molar-refractivity contribution in [2.45, 2.75) is 13.0 Å². The number of nitrogens with zero attached hydrogens (tertiary/aromatic N) is 2. The maximum absolute atomic E-state index is 6.15. The lowest BCUT2D eigenvalue weighted by atomic mass is 10.1. The lowest BCUT2D eigenvalue weighted by Crippen LogP contribution is -2.09. The Morgan fingerprint density at radius 1 is 1.28 bits per heavy atom. The van der Waals surface area contributed by atoms with Crippen LogP contribution in [0.3, 0.4) is 0 Å². The number of aromatic nitrogens is 2. The Balaban J connectivity index is 2.24. The van der Waals surface area contributed by atoms with Gasteiger partial charge in [-0.1, -0.05) is 29.8 Å². The minimum atomic E-state index is 0.0148. The largest absolute Gasteiger partial charge is 0.362 e. The van der Waals surface area contributed by atoms with Gasteiger partial charge < -0.3 is 5.32 Å². The summed E-state index contributed by atoms with van der Waals surface area (Å²) in [5.41, 5.74) is 1.00. The normalized spacial score (nSPS) is 12.2. The molecule has 0 aliphatic carbocycles. The molecule has 0 fully saturated rings. The zero-order valence-electron chi connectivity index (χ0n) is 9.49. The van der Waals surface area contributed by atoms with Crippen LogP contribution in [-0.4, -0.2) is 9.97 Å². The number of benzene rings is 1. The monoisotopic (exact) mass is 345 g/mol. The Bertz CT molecular complexity index is 563. The molecule has 2 rings (SSSR count). The van der Waals surface area contributed by atoms with Crippen LogP contribution < -0.4 is 5.32 Å². The van der Waals surface area contributed by atoms with Gasteiger partial charge in [0.2, 0.25) is 5.28 Å². The molecule has 1 unspecified atom stereocenters. The van der Waals surface area contributed by atoms with Gasteiger partial charge in [-0.3, -0.25) is 0 Å². The van der Waals surface area contributed by atoms with Crippen molar-refractivity contribution in [2.75, 3.05) is 5.32 Å². The SMILES string of the molecule is CC(Nc1nc(Cl)ncc1Br)c1ccccc1Cl. The predicted octanol–water partition coefficient (Wildman–Crippen LogP) is 4.72. The van der Waals surface area contributed by atoms with Gasteiger partial charge in [0.15, 0.2) is 0 Å². The smallest absolute Gasteiger partial charge is 0.224 e. The van der Waals surface area contributed by atoms with E-state index in [1.807, 2.05) is 31.2 Å². The van der Waals surface area contributed by atoms with Gasteiger partial charge in [-0.25, -0.2) is 4.98 Å². The molecular weight excluding hydrogens is 337 g/mol. The number of rotatable bonds is 3. The second-order valence-corrected chi connectivity index (χ2v) is 5.32. The molecular formula is C12H10BrCl2N3. The van der Waals surface area contributed by atoms with Crippen molar-refractivity contribution in [3.05, 3.63) is 50.8 Å². The number of nitrogens with one attached hydrogen (secondary N) is 1. The Kier molecular flexibility index (Phi) is 4.43. The van der Waals surface area contributed by atoms with Gasteiger partial charge in [-0.2, -0.15) is 4.98 Å². The van der Waals surface area contributed by atoms with Gasteiger partial charge in [-0.05, 0) is 46.1 Å². The predicted molar refractivity (Wildman–Crippen MR) is 78.2 cm³/mol. The molecule has 0 saturated carbocycles. The molecule has 0 spiro atoms. The lowest BCUT2D eigenvalue weighted by molar-refractivity contribution is 0.870. The first kappa shape index (κ1) is 13.6. The van der Waals surface area contributed by atoms with Crippen molar-refractivity contribution in [1.82, 2.24) is 9.97 Å². The summed E-state index contributed by atoms with van der Waals surface area (Å²) in [6.45, 7) is 2.00. The maximum Gasteiger partial charge on any atom is 0.224 e. The van der Waals surface area contributed by atoms with Crippen LogP contribution in [0.5, 0.6) is 0 Å². The average molecular weight is 347 g/mol. The van der Waals surface area contributed by atoms with E-state index in [0.717, 1.165) is 10.0 Å². The molecule has 2 aromatic rings. The van der Waals surface area contributed by atoms with E-state index in [1.54, 1.807) is 6.20 Å². The number of anilines is 1. The van der Waals surface area contributed by atoms with Gasteiger partial charge in [0.1, 0.15) is 5.82 Å². The third kappa shape index (κ3) is 3.13. The molecule has 1 aromatic heterocycles. The summed E-state index contributed by atoms with van der Waals surface area (Å²) in [7, 11) is 0. The zero-order valence-corrected chi connectivity index (χ0v) is 12.6. The van der Waals surface area contributed by atoms with Gasteiger partial charge >= 0.3 is 0 Å². The van der Waals surface area contributed by atoms with Crippen LogP contribution in [0, 0.1) is 0 Å². The first-order valence-corrected chi connectivity index (χ1v) is 6.82. The fourth-order valence-corrected chi connectivity index (χ4v) is 2.29. The van der Waals surface area contributed by atoms with E-state index in [4.69, 9.17) is 23.2 Å². The fraction of sp³-hybridized carbons (Fsp3) is 0.167. The standard InChI is InChI=1S/C12H10BrCl2N3/c1-7(8-4-2-3-5-10(8)14)17-11-9(13)6-16-12(15)18-11/h2-7H,1H3,(H,16,17,18). The highest BCUT2D eigenvalue weighted by atomic mass is 79.9. The molecule has 0 radical (unpaired) electrons. The molecule has 6 heteroatoms. The minimum absolute atomic E-state index is 0.0148. The van der Waals surface area contributed by atoms with E-state index in [1.165, 1.54) is 0 Å². The Labute approximate surface area is 124 Å². The molecule has 1 N–H and O–H groups in total. The second kappa shape index (κ2) is 5.87. The Morgan fingerprint density at radius 2 is 2.00 bits per heavy atom. The Morgan fingerprint density at radius 3 is 2.72 bits per heavy atom. The number of hydrogen-bond donors (Lipinski definition) is 1.